The van der Waals surface area contributed by atoms with E-state index in [4.69, 9.17) is 4.74 Å². The number of pyridine rings is 1. The van der Waals surface area contributed by atoms with E-state index in [1.54, 1.807) is 28.2 Å². The maximum Gasteiger partial charge on any atom is 0.262 e. The second kappa shape index (κ2) is 9.34. The van der Waals surface area contributed by atoms with Gasteiger partial charge in [-0.2, -0.15) is 4.31 Å². The van der Waals surface area contributed by atoms with Gasteiger partial charge in [-0.25, -0.2) is 18.1 Å². The number of benzene rings is 1. The summed E-state index contributed by atoms with van der Waals surface area (Å²) in [5, 5.41) is 7.86. The number of nitrogens with zero attached hydrogens (tertiary/aromatic N) is 4. The van der Waals surface area contributed by atoms with Crippen molar-refractivity contribution in [1.29, 1.82) is 0 Å². The molecule has 3 aromatic rings. The lowest BCUT2D eigenvalue weighted by Gasteiger charge is -2.34. The van der Waals surface area contributed by atoms with E-state index >= 15 is 0 Å². The average molecular weight is 486 g/mol. The first-order valence-corrected chi connectivity index (χ1v) is 12.8. The summed E-state index contributed by atoms with van der Waals surface area (Å²) < 4.78 is 34.9. The number of aromatic nitrogens is 3. The third-order valence-corrected chi connectivity index (χ3v) is 7.88. The molecule has 0 saturated carbocycles. The van der Waals surface area contributed by atoms with Crippen molar-refractivity contribution in [2.75, 3.05) is 25.0 Å². The van der Waals surface area contributed by atoms with E-state index in [9.17, 15) is 13.2 Å². The van der Waals surface area contributed by atoms with Crippen LogP contribution in [0, 0.1) is 25.7 Å². The maximum atomic E-state index is 13.0. The largest absolute Gasteiger partial charge is 0.466 e. The van der Waals surface area contributed by atoms with Crippen molar-refractivity contribution >= 4 is 32.7 Å². The minimum absolute atomic E-state index is 0.223. The molecule has 10 heteroatoms. The Morgan fingerprint density at radius 2 is 1.79 bits per heavy atom. The van der Waals surface area contributed by atoms with Crippen molar-refractivity contribution < 1.29 is 17.9 Å². The van der Waals surface area contributed by atoms with Gasteiger partial charge in [0.05, 0.1) is 10.3 Å². The molecule has 0 bridgehead atoms. The monoisotopic (exact) mass is 485 g/mol. The van der Waals surface area contributed by atoms with Crippen molar-refractivity contribution in [2.45, 2.75) is 39.0 Å². The van der Waals surface area contributed by atoms with Gasteiger partial charge in [0.1, 0.15) is 0 Å². The van der Waals surface area contributed by atoms with Gasteiger partial charge in [-0.05, 0) is 68.0 Å². The molecule has 1 saturated heterocycles. The predicted octanol–water partition coefficient (Wildman–Crippen LogP) is 3.27. The highest BCUT2D eigenvalue weighted by atomic mass is 32.2. The van der Waals surface area contributed by atoms with Crippen molar-refractivity contribution in [3.63, 3.8) is 0 Å². The van der Waals surface area contributed by atoms with Crippen LogP contribution in [0.1, 0.15) is 31.5 Å². The molecule has 34 heavy (non-hydrogen) atoms. The van der Waals surface area contributed by atoms with Gasteiger partial charge in [-0.1, -0.05) is 13.8 Å². The van der Waals surface area contributed by atoms with E-state index < -0.39 is 10.0 Å². The topological polar surface area (TPSA) is 106 Å². The van der Waals surface area contributed by atoms with Crippen LogP contribution >= 0.6 is 0 Å². The van der Waals surface area contributed by atoms with E-state index in [-0.39, 0.29) is 17.4 Å². The number of hydrogen-bond acceptors (Lipinski definition) is 6. The Labute approximate surface area is 200 Å². The van der Waals surface area contributed by atoms with Gasteiger partial charge >= 0.3 is 0 Å². The zero-order chi connectivity index (χ0) is 24.6. The van der Waals surface area contributed by atoms with Crippen LogP contribution in [0.2, 0.25) is 0 Å². The number of hydrogen-bond donors (Lipinski definition) is 1. The standard InChI is InChI=1S/C24H31N5O4S/c1-15-10-16(2)13-29(12-15)34(31,32)20-8-6-19(7-9-20)26-21(30)14-33-24-22-17(3)11-18(4)25-23(22)28(5)27-24/h6-9,11,15-16H,10,12-14H2,1-5H3,(H,26,30). The van der Waals surface area contributed by atoms with Gasteiger partial charge in [-0.3, -0.25) is 4.79 Å². The summed E-state index contributed by atoms with van der Waals surface area (Å²) >= 11 is 0. The Kier molecular flexibility index (Phi) is 6.64. The van der Waals surface area contributed by atoms with Crippen LogP contribution in [0.5, 0.6) is 5.88 Å². The van der Waals surface area contributed by atoms with Gasteiger partial charge in [0.25, 0.3) is 5.91 Å². The van der Waals surface area contributed by atoms with Crippen LogP contribution < -0.4 is 10.1 Å². The summed E-state index contributed by atoms with van der Waals surface area (Å²) in [6, 6.07) is 8.18. The Morgan fingerprint density at radius 3 is 2.44 bits per heavy atom. The number of sulfonamides is 1. The Morgan fingerprint density at radius 1 is 1.15 bits per heavy atom. The average Bonchev–Trinajstić information content (AvgIpc) is 3.07. The summed E-state index contributed by atoms with van der Waals surface area (Å²) in [6.07, 6.45) is 1.03. The minimum Gasteiger partial charge on any atom is -0.466 e. The fourth-order valence-corrected chi connectivity index (χ4v) is 6.32. The zero-order valence-electron chi connectivity index (χ0n) is 20.2. The van der Waals surface area contributed by atoms with E-state index in [0.29, 0.717) is 42.1 Å². The Balaban J connectivity index is 1.40. The Bertz CT molecular complexity index is 1310. The summed E-state index contributed by atoms with van der Waals surface area (Å²) in [5.74, 6) is 0.642. The van der Waals surface area contributed by atoms with E-state index in [0.717, 1.165) is 23.1 Å². The lowest BCUT2D eigenvalue weighted by atomic mass is 9.94. The second-order valence-corrected chi connectivity index (χ2v) is 11.3. The summed E-state index contributed by atoms with van der Waals surface area (Å²) in [5.41, 5.74) is 3.04. The molecule has 0 radical (unpaired) electrons. The van der Waals surface area contributed by atoms with Crippen LogP contribution in [0.25, 0.3) is 11.0 Å². The minimum atomic E-state index is -3.57. The summed E-state index contributed by atoms with van der Waals surface area (Å²) in [4.78, 5) is 17.2. The zero-order valence-corrected chi connectivity index (χ0v) is 21.0. The first kappa shape index (κ1) is 24.2. The molecule has 3 heterocycles. The number of ether oxygens (including phenoxy) is 1. The number of carbonyl (C=O) groups is 1. The molecule has 4 rings (SSSR count). The number of carbonyl (C=O) groups excluding carboxylic acids is 1. The van der Waals surface area contributed by atoms with Crippen molar-refractivity contribution in [3.05, 3.63) is 41.6 Å². The molecule has 182 valence electrons. The molecule has 1 fully saturated rings. The first-order valence-electron chi connectivity index (χ1n) is 11.4. The highest BCUT2D eigenvalue weighted by molar-refractivity contribution is 7.89. The molecular formula is C24H31N5O4S. The number of amides is 1. The lowest BCUT2D eigenvalue weighted by Crippen LogP contribution is -2.42. The molecule has 1 aliphatic heterocycles. The van der Waals surface area contributed by atoms with Crippen LogP contribution in [0.4, 0.5) is 5.69 Å². The highest BCUT2D eigenvalue weighted by Gasteiger charge is 2.31. The van der Waals surface area contributed by atoms with Gasteiger partial charge in [-0.15, -0.1) is 5.10 Å². The van der Waals surface area contributed by atoms with E-state index in [1.807, 2.05) is 19.9 Å². The third kappa shape index (κ3) is 4.92. The van der Waals surface area contributed by atoms with Crippen molar-refractivity contribution in [1.82, 2.24) is 19.1 Å². The molecule has 1 aromatic carbocycles. The number of piperidine rings is 1. The molecule has 2 unspecified atom stereocenters. The molecule has 1 amide bonds. The SMILES string of the molecule is Cc1cc(C)c2c(OCC(=O)Nc3ccc(S(=O)(=O)N4CC(C)CC(C)C4)cc3)nn(C)c2n1. The first-order chi connectivity index (χ1) is 16.0. The Hall–Kier alpha value is -2.98. The van der Waals surface area contributed by atoms with Crippen LogP contribution in [-0.4, -0.2) is 53.1 Å². The molecular weight excluding hydrogens is 454 g/mol. The molecule has 1 N–H and O–H groups in total. The summed E-state index contributed by atoms with van der Waals surface area (Å²) in [7, 11) is -1.79. The van der Waals surface area contributed by atoms with Crippen LogP contribution in [0.15, 0.2) is 35.2 Å². The normalized spacial score (nSPS) is 19.3. The van der Waals surface area contributed by atoms with Gasteiger partial charge in [0.15, 0.2) is 12.3 Å². The molecule has 1 aliphatic rings. The number of anilines is 1. The second-order valence-electron chi connectivity index (χ2n) is 9.34. The lowest BCUT2D eigenvalue weighted by molar-refractivity contribution is -0.118. The third-order valence-electron chi connectivity index (χ3n) is 6.04. The number of fused-ring (bicyclic) bond motifs is 1. The quantitative estimate of drug-likeness (QED) is 0.574. The van der Waals surface area contributed by atoms with Crippen molar-refractivity contribution in [2.24, 2.45) is 18.9 Å². The highest BCUT2D eigenvalue weighted by Crippen LogP contribution is 2.28. The molecule has 0 spiro atoms. The van der Waals surface area contributed by atoms with E-state index in [1.165, 1.54) is 12.1 Å². The number of nitrogens with one attached hydrogen (secondary N) is 1. The van der Waals surface area contributed by atoms with E-state index in [2.05, 4.69) is 29.2 Å². The molecule has 2 aromatic heterocycles. The fraction of sp³-hybridized carbons (Fsp3) is 0.458. The van der Waals surface area contributed by atoms with Crippen LogP contribution in [-0.2, 0) is 21.9 Å². The number of aryl methyl sites for hydroxylation is 3. The smallest absolute Gasteiger partial charge is 0.262 e. The summed E-state index contributed by atoms with van der Waals surface area (Å²) in [6.45, 7) is 8.84. The van der Waals surface area contributed by atoms with Gasteiger partial charge < -0.3 is 10.1 Å². The van der Waals surface area contributed by atoms with Gasteiger partial charge in [0, 0.05) is 31.5 Å². The van der Waals surface area contributed by atoms with Crippen LogP contribution in [0.3, 0.4) is 0 Å². The van der Waals surface area contributed by atoms with Crippen molar-refractivity contribution in [3.8, 4) is 5.88 Å². The molecule has 0 aliphatic carbocycles. The fourth-order valence-electron chi connectivity index (χ4n) is 4.64. The van der Waals surface area contributed by atoms with Gasteiger partial charge in [0.2, 0.25) is 15.9 Å². The maximum absolute atomic E-state index is 13.0. The molecule has 2 atom stereocenters. The molecule has 9 nitrogen and oxygen atoms in total. The number of rotatable bonds is 6. The predicted molar refractivity (Wildman–Crippen MR) is 130 cm³/mol.